The fourth-order valence-electron chi connectivity index (χ4n) is 2.95. The fraction of sp³-hybridized carbons (Fsp3) is 0.389. The highest BCUT2D eigenvalue weighted by Gasteiger charge is 2.19. The van der Waals surface area contributed by atoms with Crippen molar-refractivity contribution in [2.24, 2.45) is 5.92 Å². The van der Waals surface area contributed by atoms with Crippen LogP contribution in [0.15, 0.2) is 36.4 Å². The molecule has 1 fully saturated rings. The molecule has 0 radical (unpaired) electrons. The van der Waals surface area contributed by atoms with E-state index in [0.717, 1.165) is 24.5 Å². The zero-order valence-corrected chi connectivity index (χ0v) is 15.8. The van der Waals surface area contributed by atoms with Gasteiger partial charge in [0, 0.05) is 25.7 Å². The molecule has 0 spiro atoms. The van der Waals surface area contributed by atoms with Crippen LogP contribution in [-0.2, 0) is 6.54 Å². The van der Waals surface area contributed by atoms with Crippen molar-refractivity contribution in [3.63, 3.8) is 0 Å². The summed E-state index contributed by atoms with van der Waals surface area (Å²) in [4.78, 5) is 11.1. The summed E-state index contributed by atoms with van der Waals surface area (Å²) in [5, 5.41) is 7.08. The Morgan fingerprint density at radius 3 is 2.88 bits per heavy atom. The lowest BCUT2D eigenvalue weighted by Gasteiger charge is -2.32. The van der Waals surface area contributed by atoms with Crippen molar-refractivity contribution in [2.75, 3.05) is 23.3 Å². The zero-order valence-electron chi connectivity index (χ0n) is 14.2. The average molecular weight is 376 g/mol. The fourth-order valence-corrected chi connectivity index (χ4v) is 3.29. The molecule has 1 aliphatic rings. The van der Waals surface area contributed by atoms with E-state index in [4.69, 9.17) is 23.8 Å². The van der Waals surface area contributed by atoms with Crippen molar-refractivity contribution in [2.45, 2.75) is 26.3 Å². The van der Waals surface area contributed by atoms with Crippen LogP contribution in [0.2, 0.25) is 5.15 Å². The molecule has 3 rings (SSSR count). The summed E-state index contributed by atoms with van der Waals surface area (Å²) in [7, 11) is 0. The summed E-state index contributed by atoms with van der Waals surface area (Å²) in [6.45, 7) is 4.89. The molecule has 7 heteroatoms. The van der Waals surface area contributed by atoms with E-state index in [1.165, 1.54) is 12.8 Å². The Hall–Kier alpha value is -1.92. The second-order valence-electron chi connectivity index (χ2n) is 6.36. The Morgan fingerprint density at radius 2 is 2.12 bits per heavy atom. The van der Waals surface area contributed by atoms with E-state index in [9.17, 15) is 0 Å². The van der Waals surface area contributed by atoms with Gasteiger partial charge in [-0.1, -0.05) is 48.9 Å². The molecular formula is C18H22ClN5S. The van der Waals surface area contributed by atoms with E-state index in [-0.39, 0.29) is 0 Å². The van der Waals surface area contributed by atoms with E-state index in [2.05, 4.69) is 32.4 Å². The second-order valence-corrected chi connectivity index (χ2v) is 7.15. The molecule has 0 bridgehead atoms. The molecule has 5 nitrogen and oxygen atoms in total. The molecule has 0 unspecified atom stereocenters. The summed E-state index contributed by atoms with van der Waals surface area (Å²) in [5.74, 6) is 1.93. The molecule has 2 heterocycles. The minimum atomic E-state index is 0.414. The zero-order chi connectivity index (χ0) is 17.6. The highest BCUT2D eigenvalue weighted by atomic mass is 35.5. The highest BCUT2D eigenvalue weighted by Crippen LogP contribution is 2.24. The predicted octanol–water partition coefficient (Wildman–Crippen LogP) is 3.85. The van der Waals surface area contributed by atoms with Crippen LogP contribution in [-0.4, -0.2) is 28.2 Å². The Kier molecular flexibility index (Phi) is 6.04. The largest absolute Gasteiger partial charge is 0.358 e. The first-order valence-corrected chi connectivity index (χ1v) is 9.27. The van der Waals surface area contributed by atoms with Gasteiger partial charge < -0.3 is 15.5 Å². The number of hydrogen-bond acceptors (Lipinski definition) is 4. The first-order valence-electron chi connectivity index (χ1n) is 8.48. The number of rotatable bonds is 4. The molecule has 0 aliphatic carbocycles. The first kappa shape index (κ1) is 17.9. The number of nitrogens with zero attached hydrogens (tertiary/aromatic N) is 3. The van der Waals surface area contributed by atoms with Gasteiger partial charge in [-0.3, -0.25) is 0 Å². The van der Waals surface area contributed by atoms with E-state index in [1.807, 2.05) is 36.4 Å². The summed E-state index contributed by atoms with van der Waals surface area (Å²) < 4.78 is 0. The number of nitrogens with one attached hydrogen (secondary N) is 2. The monoisotopic (exact) mass is 375 g/mol. The van der Waals surface area contributed by atoms with Crippen LogP contribution in [0, 0.1) is 5.92 Å². The van der Waals surface area contributed by atoms with Crippen LogP contribution in [0.3, 0.4) is 0 Å². The summed E-state index contributed by atoms with van der Waals surface area (Å²) in [6.07, 6.45) is 2.43. The number of hydrogen-bond donors (Lipinski definition) is 2. The van der Waals surface area contributed by atoms with Crippen LogP contribution < -0.4 is 15.5 Å². The Balaban J connectivity index is 1.62. The maximum Gasteiger partial charge on any atom is 0.232 e. The summed E-state index contributed by atoms with van der Waals surface area (Å²) in [5.41, 5.74) is 1.15. The molecule has 0 saturated carbocycles. The third-order valence-electron chi connectivity index (χ3n) is 4.18. The molecule has 2 N–H and O–H groups in total. The maximum atomic E-state index is 6.18. The van der Waals surface area contributed by atoms with Gasteiger partial charge in [0.1, 0.15) is 11.0 Å². The second kappa shape index (κ2) is 8.45. The van der Waals surface area contributed by atoms with Crippen LogP contribution in [0.5, 0.6) is 0 Å². The Labute approximate surface area is 158 Å². The van der Waals surface area contributed by atoms with Gasteiger partial charge in [-0.2, -0.15) is 4.98 Å². The van der Waals surface area contributed by atoms with Crippen LogP contribution in [0.25, 0.3) is 0 Å². The molecule has 1 aliphatic heterocycles. The number of halogens is 1. The third kappa shape index (κ3) is 5.28. The normalized spacial score (nSPS) is 17.2. The van der Waals surface area contributed by atoms with Crippen molar-refractivity contribution in [1.82, 2.24) is 15.3 Å². The van der Waals surface area contributed by atoms with Gasteiger partial charge in [-0.15, -0.1) is 0 Å². The van der Waals surface area contributed by atoms with E-state index in [1.54, 1.807) is 0 Å². The topological polar surface area (TPSA) is 53.1 Å². The van der Waals surface area contributed by atoms with E-state index in [0.29, 0.717) is 28.7 Å². The molecular weight excluding hydrogens is 354 g/mol. The summed E-state index contributed by atoms with van der Waals surface area (Å²) >= 11 is 11.5. The molecule has 132 valence electrons. The SMILES string of the molecule is C[C@H]1CCCN(c2cc(Cl)nc(NC(=S)NCc3ccccc3)n2)C1. The highest BCUT2D eigenvalue weighted by molar-refractivity contribution is 7.80. The average Bonchev–Trinajstić information content (AvgIpc) is 2.60. The lowest BCUT2D eigenvalue weighted by molar-refractivity contribution is 0.444. The smallest absolute Gasteiger partial charge is 0.232 e. The van der Waals surface area contributed by atoms with Crippen molar-refractivity contribution >= 4 is 40.7 Å². The molecule has 1 saturated heterocycles. The molecule has 1 aromatic heterocycles. The van der Waals surface area contributed by atoms with Crippen molar-refractivity contribution in [3.05, 3.63) is 47.1 Å². The van der Waals surface area contributed by atoms with Gasteiger partial charge in [-0.25, -0.2) is 4.98 Å². The molecule has 1 aromatic carbocycles. The molecule has 25 heavy (non-hydrogen) atoms. The first-order chi connectivity index (χ1) is 12.1. The predicted molar refractivity (Wildman–Crippen MR) is 107 cm³/mol. The molecule has 0 amide bonds. The van der Waals surface area contributed by atoms with Gasteiger partial charge in [0.05, 0.1) is 0 Å². The molecule has 1 atom stereocenters. The van der Waals surface area contributed by atoms with Gasteiger partial charge >= 0.3 is 0 Å². The number of aromatic nitrogens is 2. The van der Waals surface area contributed by atoms with Gasteiger partial charge in [0.15, 0.2) is 5.11 Å². The van der Waals surface area contributed by atoms with Gasteiger partial charge in [0.25, 0.3) is 0 Å². The lowest BCUT2D eigenvalue weighted by Crippen LogP contribution is -2.35. The van der Waals surface area contributed by atoms with Crippen molar-refractivity contribution in [3.8, 4) is 0 Å². The van der Waals surface area contributed by atoms with Crippen LogP contribution >= 0.6 is 23.8 Å². The van der Waals surface area contributed by atoms with E-state index >= 15 is 0 Å². The standard InChI is InChI=1S/C18H22ClN5S/c1-13-6-5-9-24(12-13)16-10-15(19)21-17(22-16)23-18(25)20-11-14-7-3-2-4-8-14/h2-4,7-8,10,13H,5-6,9,11-12H2,1H3,(H2,20,21,22,23,25)/t13-/m0/s1. The van der Waals surface area contributed by atoms with Gasteiger partial charge in [0.2, 0.25) is 5.95 Å². The molecule has 2 aromatic rings. The number of benzene rings is 1. The van der Waals surface area contributed by atoms with Crippen molar-refractivity contribution < 1.29 is 0 Å². The van der Waals surface area contributed by atoms with Gasteiger partial charge in [-0.05, 0) is 36.5 Å². The Morgan fingerprint density at radius 1 is 1.32 bits per heavy atom. The quantitative estimate of drug-likeness (QED) is 0.625. The van der Waals surface area contributed by atoms with Crippen LogP contribution in [0.4, 0.5) is 11.8 Å². The Bertz CT molecular complexity index is 725. The summed E-state index contributed by atoms with van der Waals surface area (Å²) in [6, 6.07) is 11.9. The maximum absolute atomic E-state index is 6.18. The number of anilines is 2. The van der Waals surface area contributed by atoms with E-state index < -0.39 is 0 Å². The van der Waals surface area contributed by atoms with Crippen molar-refractivity contribution in [1.29, 1.82) is 0 Å². The minimum Gasteiger partial charge on any atom is -0.358 e. The lowest BCUT2D eigenvalue weighted by atomic mass is 10.0. The minimum absolute atomic E-state index is 0.414. The number of thiocarbonyl (C=S) groups is 1. The number of piperidine rings is 1. The van der Waals surface area contributed by atoms with Crippen LogP contribution in [0.1, 0.15) is 25.3 Å². The third-order valence-corrected chi connectivity index (χ3v) is 4.62.